The molecule has 5 heteroatoms. The summed E-state index contributed by atoms with van der Waals surface area (Å²) in [5.74, 6) is -0.233. The summed E-state index contributed by atoms with van der Waals surface area (Å²) in [5, 5.41) is 5.56. The average molecular weight is 239 g/mol. The van der Waals surface area contributed by atoms with Crippen LogP contribution in [0.15, 0.2) is 0 Å². The molecule has 0 radical (unpaired) electrons. The fourth-order valence-corrected chi connectivity index (χ4v) is 2.88. The molecule has 2 N–H and O–H groups in total. The Balaban J connectivity index is 1.78. The molecule has 2 amide bonds. The lowest BCUT2D eigenvalue weighted by molar-refractivity contribution is -0.125. The lowest BCUT2D eigenvalue weighted by Crippen LogP contribution is -2.49. The van der Waals surface area contributed by atoms with Gasteiger partial charge in [0.15, 0.2) is 0 Å². The van der Waals surface area contributed by atoms with E-state index < -0.39 is 0 Å². The molecule has 2 aliphatic heterocycles. The van der Waals surface area contributed by atoms with Crippen LogP contribution < -0.4 is 10.6 Å². The Bertz CT molecular complexity index is 306. The summed E-state index contributed by atoms with van der Waals surface area (Å²) in [6.07, 6.45) is 4.77. The van der Waals surface area contributed by atoms with Gasteiger partial charge in [0.25, 0.3) is 0 Å². The van der Waals surface area contributed by atoms with Crippen LogP contribution in [-0.2, 0) is 9.59 Å². The fourth-order valence-electron chi connectivity index (χ4n) is 2.88. The molecule has 0 aromatic rings. The molecule has 2 atom stereocenters. The molecular formula is C12H21N3O2. The zero-order valence-corrected chi connectivity index (χ0v) is 10.4. The van der Waals surface area contributed by atoms with Gasteiger partial charge < -0.3 is 10.6 Å². The summed E-state index contributed by atoms with van der Waals surface area (Å²) in [6, 6.07) is 0.793. The number of fused-ring (bicyclic) bond motifs is 1. The van der Waals surface area contributed by atoms with E-state index >= 15 is 0 Å². The Morgan fingerprint density at radius 3 is 2.82 bits per heavy atom. The van der Waals surface area contributed by atoms with Crippen LogP contribution in [0.3, 0.4) is 0 Å². The molecule has 0 aromatic carbocycles. The van der Waals surface area contributed by atoms with Gasteiger partial charge in [-0.25, -0.2) is 0 Å². The number of rotatable bonds is 3. The highest BCUT2D eigenvalue weighted by Gasteiger charge is 2.35. The number of piperidine rings is 1. The van der Waals surface area contributed by atoms with Crippen molar-refractivity contribution in [1.82, 2.24) is 15.5 Å². The van der Waals surface area contributed by atoms with Crippen LogP contribution in [0.4, 0.5) is 0 Å². The highest BCUT2D eigenvalue weighted by molar-refractivity contribution is 5.83. The van der Waals surface area contributed by atoms with E-state index in [0.717, 1.165) is 13.0 Å². The molecule has 2 rings (SSSR count). The molecule has 17 heavy (non-hydrogen) atoms. The van der Waals surface area contributed by atoms with E-state index in [1.807, 2.05) is 0 Å². The minimum absolute atomic E-state index is 0.0716. The van der Waals surface area contributed by atoms with Crippen LogP contribution in [0.25, 0.3) is 0 Å². The van der Waals surface area contributed by atoms with Crippen molar-refractivity contribution in [2.75, 3.05) is 19.6 Å². The van der Waals surface area contributed by atoms with Crippen molar-refractivity contribution in [2.45, 2.75) is 44.7 Å². The van der Waals surface area contributed by atoms with Crippen molar-refractivity contribution in [3.8, 4) is 0 Å². The lowest BCUT2D eigenvalue weighted by Gasteiger charge is -2.32. The molecule has 0 bridgehead atoms. The van der Waals surface area contributed by atoms with Gasteiger partial charge >= 0.3 is 0 Å². The topological polar surface area (TPSA) is 61.4 Å². The van der Waals surface area contributed by atoms with E-state index in [4.69, 9.17) is 0 Å². The van der Waals surface area contributed by atoms with Crippen LogP contribution >= 0.6 is 0 Å². The molecule has 2 unspecified atom stereocenters. The predicted octanol–water partition coefficient (Wildman–Crippen LogP) is -0.134. The number of carbonyl (C=O) groups is 2. The summed E-state index contributed by atoms with van der Waals surface area (Å²) in [5.41, 5.74) is 0. The second-order valence-electron chi connectivity index (χ2n) is 4.97. The van der Waals surface area contributed by atoms with Crippen molar-refractivity contribution in [3.05, 3.63) is 0 Å². The van der Waals surface area contributed by atoms with Crippen LogP contribution in [0.5, 0.6) is 0 Å². The van der Waals surface area contributed by atoms with Crippen molar-refractivity contribution in [2.24, 2.45) is 0 Å². The van der Waals surface area contributed by atoms with E-state index in [0.29, 0.717) is 6.04 Å². The first-order chi connectivity index (χ1) is 8.16. The molecule has 2 fully saturated rings. The lowest BCUT2D eigenvalue weighted by atomic mass is 9.99. The molecule has 0 aromatic heterocycles. The van der Waals surface area contributed by atoms with E-state index in [2.05, 4.69) is 15.5 Å². The molecule has 2 aliphatic rings. The van der Waals surface area contributed by atoms with Gasteiger partial charge in [0.2, 0.25) is 11.8 Å². The first kappa shape index (κ1) is 12.4. The average Bonchev–Trinajstić information content (AvgIpc) is 2.70. The maximum absolute atomic E-state index is 11.6. The Morgan fingerprint density at radius 2 is 2.06 bits per heavy atom. The molecule has 2 saturated heterocycles. The number of amides is 2. The van der Waals surface area contributed by atoms with E-state index in [1.54, 1.807) is 0 Å². The van der Waals surface area contributed by atoms with Crippen LogP contribution in [0.1, 0.15) is 32.6 Å². The Kier molecular flexibility index (Phi) is 3.99. The van der Waals surface area contributed by atoms with Crippen molar-refractivity contribution in [3.63, 3.8) is 0 Å². The van der Waals surface area contributed by atoms with Crippen LogP contribution in [-0.4, -0.2) is 48.4 Å². The zero-order valence-electron chi connectivity index (χ0n) is 10.4. The highest BCUT2D eigenvalue weighted by atomic mass is 16.2. The standard InChI is InChI=1S/C12H21N3O2/c1-9(16)13-8-12(17)14-10-5-7-15-6-3-2-4-11(10)15/h10-11H,2-8H2,1H3,(H,13,16)(H,14,17). The maximum Gasteiger partial charge on any atom is 0.239 e. The number of hydrogen-bond acceptors (Lipinski definition) is 3. The third kappa shape index (κ3) is 3.19. The van der Waals surface area contributed by atoms with Gasteiger partial charge in [0, 0.05) is 25.6 Å². The molecule has 0 spiro atoms. The normalized spacial score (nSPS) is 28.5. The Labute approximate surface area is 102 Å². The molecular weight excluding hydrogens is 218 g/mol. The minimum atomic E-state index is -0.161. The van der Waals surface area contributed by atoms with Gasteiger partial charge in [-0.1, -0.05) is 6.42 Å². The summed E-state index contributed by atoms with van der Waals surface area (Å²) in [4.78, 5) is 24.8. The summed E-state index contributed by atoms with van der Waals surface area (Å²) in [6.45, 7) is 3.78. The van der Waals surface area contributed by atoms with Gasteiger partial charge in [0.1, 0.15) is 0 Å². The Morgan fingerprint density at radius 1 is 1.24 bits per heavy atom. The second-order valence-corrected chi connectivity index (χ2v) is 4.97. The maximum atomic E-state index is 11.6. The molecule has 5 nitrogen and oxygen atoms in total. The smallest absolute Gasteiger partial charge is 0.239 e. The number of hydrogen-bond donors (Lipinski definition) is 2. The predicted molar refractivity (Wildman–Crippen MR) is 64.4 cm³/mol. The van der Waals surface area contributed by atoms with Gasteiger partial charge in [-0.15, -0.1) is 0 Å². The number of nitrogens with zero attached hydrogens (tertiary/aromatic N) is 1. The van der Waals surface area contributed by atoms with E-state index in [1.165, 1.54) is 32.7 Å². The summed E-state index contributed by atoms with van der Waals surface area (Å²) >= 11 is 0. The molecule has 96 valence electrons. The first-order valence-corrected chi connectivity index (χ1v) is 6.44. The number of nitrogens with one attached hydrogen (secondary N) is 2. The fraction of sp³-hybridized carbons (Fsp3) is 0.833. The van der Waals surface area contributed by atoms with Gasteiger partial charge in [-0.2, -0.15) is 0 Å². The van der Waals surface area contributed by atoms with E-state index in [-0.39, 0.29) is 24.4 Å². The van der Waals surface area contributed by atoms with E-state index in [9.17, 15) is 9.59 Å². The SMILES string of the molecule is CC(=O)NCC(=O)NC1CCN2CCCCC12. The quantitative estimate of drug-likeness (QED) is 0.721. The largest absolute Gasteiger partial charge is 0.350 e. The second kappa shape index (κ2) is 5.49. The number of carbonyl (C=O) groups excluding carboxylic acids is 2. The molecule has 0 saturated carbocycles. The third-order valence-electron chi connectivity index (χ3n) is 3.70. The first-order valence-electron chi connectivity index (χ1n) is 6.44. The van der Waals surface area contributed by atoms with Crippen LogP contribution in [0, 0.1) is 0 Å². The third-order valence-corrected chi connectivity index (χ3v) is 3.70. The van der Waals surface area contributed by atoms with Crippen LogP contribution in [0.2, 0.25) is 0 Å². The van der Waals surface area contributed by atoms with Crippen molar-refractivity contribution >= 4 is 11.8 Å². The monoisotopic (exact) mass is 239 g/mol. The highest BCUT2D eigenvalue weighted by Crippen LogP contribution is 2.26. The van der Waals surface area contributed by atoms with Crippen molar-refractivity contribution < 1.29 is 9.59 Å². The summed E-state index contributed by atoms with van der Waals surface area (Å²) in [7, 11) is 0. The molecule has 0 aliphatic carbocycles. The molecule has 2 heterocycles. The van der Waals surface area contributed by atoms with Gasteiger partial charge in [0.05, 0.1) is 6.54 Å². The minimum Gasteiger partial charge on any atom is -0.350 e. The summed E-state index contributed by atoms with van der Waals surface area (Å²) < 4.78 is 0. The van der Waals surface area contributed by atoms with Gasteiger partial charge in [-0.3, -0.25) is 14.5 Å². The zero-order chi connectivity index (χ0) is 12.3. The van der Waals surface area contributed by atoms with Gasteiger partial charge in [-0.05, 0) is 25.8 Å². The van der Waals surface area contributed by atoms with Crippen molar-refractivity contribution in [1.29, 1.82) is 0 Å². The Hall–Kier alpha value is -1.10.